The number of phenolic OH excluding ortho intramolecular Hbond substituents is 1. The first-order valence-corrected chi connectivity index (χ1v) is 7.06. The van der Waals surface area contributed by atoms with Crippen molar-refractivity contribution in [3.8, 4) is 11.5 Å². The van der Waals surface area contributed by atoms with E-state index in [1.165, 1.54) is 7.11 Å². The SMILES string of the molecule is COc1cccc(C(=O)N2CCN3C(=O)CCC3C2)c1O. The number of rotatable bonds is 2. The van der Waals surface area contributed by atoms with Crippen LogP contribution in [0.4, 0.5) is 0 Å². The normalized spacial score (nSPS) is 21.4. The molecule has 2 heterocycles. The molecule has 1 atom stereocenters. The van der Waals surface area contributed by atoms with Gasteiger partial charge in [0.25, 0.3) is 5.91 Å². The number of phenols is 1. The largest absolute Gasteiger partial charge is 0.504 e. The standard InChI is InChI=1S/C15H18N2O4/c1-21-12-4-2-3-11(14(12)19)15(20)16-7-8-17-10(9-16)5-6-13(17)18/h2-4,10,19H,5-9H2,1H3. The maximum atomic E-state index is 12.6. The lowest BCUT2D eigenvalue weighted by Gasteiger charge is -2.37. The first kappa shape index (κ1) is 13.7. The molecule has 2 aliphatic heterocycles. The number of ether oxygens (including phenoxy) is 1. The molecule has 2 fully saturated rings. The summed E-state index contributed by atoms with van der Waals surface area (Å²) >= 11 is 0. The average Bonchev–Trinajstić information content (AvgIpc) is 2.88. The molecule has 21 heavy (non-hydrogen) atoms. The number of aromatic hydroxyl groups is 1. The van der Waals surface area contributed by atoms with Crippen LogP contribution >= 0.6 is 0 Å². The Hall–Kier alpha value is -2.24. The van der Waals surface area contributed by atoms with Crippen LogP contribution in [0.5, 0.6) is 11.5 Å². The van der Waals surface area contributed by atoms with Gasteiger partial charge in [-0.1, -0.05) is 6.07 Å². The van der Waals surface area contributed by atoms with Gasteiger partial charge in [0.1, 0.15) is 0 Å². The molecule has 0 aliphatic carbocycles. The predicted octanol–water partition coefficient (Wildman–Crippen LogP) is 0.848. The monoisotopic (exact) mass is 290 g/mol. The zero-order valence-electron chi connectivity index (χ0n) is 11.9. The Bertz CT molecular complexity index is 587. The van der Waals surface area contributed by atoms with E-state index in [1.54, 1.807) is 23.1 Å². The predicted molar refractivity (Wildman–Crippen MR) is 75.3 cm³/mol. The maximum absolute atomic E-state index is 12.6. The van der Waals surface area contributed by atoms with Crippen molar-refractivity contribution in [3.05, 3.63) is 23.8 Å². The van der Waals surface area contributed by atoms with E-state index in [1.807, 2.05) is 4.90 Å². The van der Waals surface area contributed by atoms with Crippen LogP contribution in [0.2, 0.25) is 0 Å². The van der Waals surface area contributed by atoms with Crippen molar-refractivity contribution in [3.63, 3.8) is 0 Å². The summed E-state index contributed by atoms with van der Waals surface area (Å²) in [7, 11) is 1.45. The number of piperazine rings is 1. The Morgan fingerprint density at radius 2 is 2.19 bits per heavy atom. The molecule has 1 aromatic rings. The number of benzene rings is 1. The first-order chi connectivity index (χ1) is 10.1. The molecule has 1 unspecified atom stereocenters. The van der Waals surface area contributed by atoms with Gasteiger partial charge >= 0.3 is 0 Å². The summed E-state index contributed by atoms with van der Waals surface area (Å²) in [6.45, 7) is 1.60. The van der Waals surface area contributed by atoms with E-state index in [2.05, 4.69) is 0 Å². The van der Waals surface area contributed by atoms with Crippen molar-refractivity contribution in [2.45, 2.75) is 18.9 Å². The van der Waals surface area contributed by atoms with Crippen molar-refractivity contribution < 1.29 is 19.4 Å². The van der Waals surface area contributed by atoms with Crippen LogP contribution in [0.25, 0.3) is 0 Å². The van der Waals surface area contributed by atoms with E-state index in [4.69, 9.17) is 4.74 Å². The molecule has 0 radical (unpaired) electrons. The summed E-state index contributed by atoms with van der Waals surface area (Å²) in [4.78, 5) is 27.8. The summed E-state index contributed by atoms with van der Waals surface area (Å²) in [6, 6.07) is 5.00. The highest BCUT2D eigenvalue weighted by Crippen LogP contribution is 2.31. The van der Waals surface area contributed by atoms with Crippen molar-refractivity contribution in [2.75, 3.05) is 26.7 Å². The Kier molecular flexibility index (Phi) is 3.45. The minimum atomic E-state index is -0.217. The van der Waals surface area contributed by atoms with Crippen LogP contribution in [-0.2, 0) is 4.79 Å². The quantitative estimate of drug-likeness (QED) is 0.876. The summed E-state index contributed by atoms with van der Waals surface area (Å²) in [5, 5.41) is 10.1. The minimum absolute atomic E-state index is 0.114. The van der Waals surface area contributed by atoms with Gasteiger partial charge in [0.05, 0.1) is 12.7 Å². The van der Waals surface area contributed by atoms with E-state index in [9.17, 15) is 14.7 Å². The fourth-order valence-electron chi connectivity index (χ4n) is 3.08. The molecule has 1 N–H and O–H groups in total. The molecular weight excluding hydrogens is 272 g/mol. The summed E-state index contributed by atoms with van der Waals surface area (Å²) in [6.07, 6.45) is 1.36. The number of hydrogen-bond donors (Lipinski definition) is 1. The highest BCUT2D eigenvalue weighted by molar-refractivity contribution is 5.98. The first-order valence-electron chi connectivity index (χ1n) is 7.06. The Labute approximate surface area is 122 Å². The third-order valence-corrected chi connectivity index (χ3v) is 4.23. The topological polar surface area (TPSA) is 70.1 Å². The molecule has 6 nitrogen and oxygen atoms in total. The molecule has 0 aromatic heterocycles. The molecule has 3 rings (SSSR count). The summed E-state index contributed by atoms with van der Waals surface area (Å²) < 4.78 is 5.03. The van der Waals surface area contributed by atoms with E-state index in [-0.39, 0.29) is 34.9 Å². The van der Waals surface area contributed by atoms with Crippen LogP contribution in [0.3, 0.4) is 0 Å². The number of nitrogens with zero attached hydrogens (tertiary/aromatic N) is 2. The number of hydrogen-bond acceptors (Lipinski definition) is 4. The van der Waals surface area contributed by atoms with Gasteiger partial charge in [0.2, 0.25) is 5.91 Å². The Morgan fingerprint density at radius 3 is 2.95 bits per heavy atom. The third kappa shape index (κ3) is 2.30. The van der Waals surface area contributed by atoms with Crippen LogP contribution in [-0.4, -0.2) is 59.5 Å². The number of carbonyl (C=O) groups excluding carboxylic acids is 2. The van der Waals surface area contributed by atoms with Crippen molar-refractivity contribution in [1.82, 2.24) is 9.80 Å². The van der Waals surface area contributed by atoms with Gasteiger partial charge in [-0.05, 0) is 18.6 Å². The highest BCUT2D eigenvalue weighted by atomic mass is 16.5. The second-order valence-electron chi connectivity index (χ2n) is 5.39. The van der Waals surface area contributed by atoms with Gasteiger partial charge in [0.15, 0.2) is 11.5 Å². The van der Waals surface area contributed by atoms with Gasteiger partial charge < -0.3 is 19.6 Å². The molecule has 6 heteroatoms. The van der Waals surface area contributed by atoms with Crippen LogP contribution in [0, 0.1) is 0 Å². The molecule has 0 saturated carbocycles. The molecule has 112 valence electrons. The van der Waals surface area contributed by atoms with Crippen molar-refractivity contribution in [1.29, 1.82) is 0 Å². The number of para-hydroxylation sites is 1. The molecule has 2 amide bonds. The zero-order chi connectivity index (χ0) is 15.0. The lowest BCUT2D eigenvalue weighted by Crippen LogP contribution is -2.53. The minimum Gasteiger partial charge on any atom is -0.504 e. The molecular formula is C15H18N2O4. The Balaban J connectivity index is 1.79. The van der Waals surface area contributed by atoms with Gasteiger partial charge in [-0.2, -0.15) is 0 Å². The maximum Gasteiger partial charge on any atom is 0.257 e. The lowest BCUT2D eigenvalue weighted by molar-refractivity contribution is -0.130. The zero-order valence-corrected chi connectivity index (χ0v) is 11.9. The number of methoxy groups -OCH3 is 1. The Morgan fingerprint density at radius 1 is 1.38 bits per heavy atom. The molecule has 2 aliphatic rings. The summed E-state index contributed by atoms with van der Waals surface area (Å²) in [5.74, 6) is 0.118. The van der Waals surface area contributed by atoms with E-state index in [0.29, 0.717) is 26.1 Å². The fourth-order valence-corrected chi connectivity index (χ4v) is 3.08. The van der Waals surface area contributed by atoms with Crippen LogP contribution < -0.4 is 4.74 Å². The average molecular weight is 290 g/mol. The van der Waals surface area contributed by atoms with Gasteiger partial charge in [-0.15, -0.1) is 0 Å². The second kappa shape index (κ2) is 5.27. The fraction of sp³-hybridized carbons (Fsp3) is 0.467. The highest BCUT2D eigenvalue weighted by Gasteiger charge is 2.37. The van der Waals surface area contributed by atoms with E-state index in [0.717, 1.165) is 6.42 Å². The van der Waals surface area contributed by atoms with Gasteiger partial charge in [-0.3, -0.25) is 9.59 Å². The number of carbonyl (C=O) groups is 2. The van der Waals surface area contributed by atoms with Crippen molar-refractivity contribution >= 4 is 11.8 Å². The van der Waals surface area contributed by atoms with Crippen LogP contribution in [0.1, 0.15) is 23.2 Å². The lowest BCUT2D eigenvalue weighted by atomic mass is 10.1. The van der Waals surface area contributed by atoms with Gasteiger partial charge in [0, 0.05) is 32.1 Å². The molecule has 2 saturated heterocycles. The van der Waals surface area contributed by atoms with Crippen molar-refractivity contribution in [2.24, 2.45) is 0 Å². The number of amides is 2. The second-order valence-corrected chi connectivity index (χ2v) is 5.39. The van der Waals surface area contributed by atoms with E-state index >= 15 is 0 Å². The smallest absolute Gasteiger partial charge is 0.257 e. The van der Waals surface area contributed by atoms with Crippen LogP contribution in [0.15, 0.2) is 18.2 Å². The third-order valence-electron chi connectivity index (χ3n) is 4.23. The van der Waals surface area contributed by atoms with E-state index < -0.39 is 0 Å². The molecule has 0 bridgehead atoms. The molecule has 0 spiro atoms. The molecule has 1 aromatic carbocycles. The number of fused-ring (bicyclic) bond motifs is 1. The van der Waals surface area contributed by atoms with Gasteiger partial charge in [-0.25, -0.2) is 0 Å². The summed E-state index contributed by atoms with van der Waals surface area (Å²) in [5.41, 5.74) is 0.243.